The number of nitrogens with one attached hydrogen (secondary N) is 1. The molecule has 1 N–H and O–H groups in total. The van der Waals surface area contributed by atoms with Gasteiger partial charge in [0.25, 0.3) is 0 Å². The first kappa shape index (κ1) is 20.5. The highest BCUT2D eigenvalue weighted by atomic mass is 32.2. The first-order valence-electron chi connectivity index (χ1n) is 9.41. The normalized spacial score (nSPS) is 17.0. The maximum absolute atomic E-state index is 12.8. The molecule has 0 bridgehead atoms. The summed E-state index contributed by atoms with van der Waals surface area (Å²) in [6, 6.07) is 10.5. The Morgan fingerprint density at radius 3 is 2.73 bits per heavy atom. The van der Waals surface area contributed by atoms with Crippen LogP contribution in [0, 0.1) is 19.8 Å². The van der Waals surface area contributed by atoms with Gasteiger partial charge in [-0.3, -0.25) is 9.59 Å². The lowest BCUT2D eigenvalue weighted by Crippen LogP contribution is -2.28. The average Bonchev–Trinajstić information content (AvgIpc) is 3.25. The number of aromatic nitrogens is 1. The third-order valence-electron chi connectivity index (χ3n) is 5.38. The monoisotopic (exact) mass is 443 g/mol. The number of fused-ring (bicyclic) bond motifs is 1. The van der Waals surface area contributed by atoms with Crippen molar-refractivity contribution in [3.05, 3.63) is 47.5 Å². The fraction of sp³-hybridized carbons (Fsp3) is 0.286. The van der Waals surface area contributed by atoms with Gasteiger partial charge in [-0.1, -0.05) is 23.5 Å². The predicted molar refractivity (Wildman–Crippen MR) is 118 cm³/mol. The molecule has 1 saturated heterocycles. The van der Waals surface area contributed by atoms with Crippen LogP contribution in [0.3, 0.4) is 0 Å². The number of aryl methyl sites for hydroxylation is 1. The van der Waals surface area contributed by atoms with Crippen LogP contribution in [0.5, 0.6) is 0 Å². The molecule has 0 aliphatic carbocycles. The quantitative estimate of drug-likeness (QED) is 0.667. The second-order valence-corrected chi connectivity index (χ2v) is 10.6. The number of hydrogen-bond donors (Lipinski definition) is 1. The van der Waals surface area contributed by atoms with Gasteiger partial charge in [-0.2, -0.15) is 0 Å². The summed E-state index contributed by atoms with van der Waals surface area (Å²) < 4.78 is 24.1. The van der Waals surface area contributed by atoms with E-state index < -0.39 is 15.8 Å². The Bertz CT molecular complexity index is 1280. The molecule has 0 radical (unpaired) electrons. The maximum Gasteiger partial charge on any atom is 0.231 e. The third kappa shape index (κ3) is 3.82. The van der Waals surface area contributed by atoms with Gasteiger partial charge in [0, 0.05) is 24.9 Å². The summed E-state index contributed by atoms with van der Waals surface area (Å²) in [7, 11) is -3.32. The summed E-state index contributed by atoms with van der Waals surface area (Å²) in [5.74, 6) is -0.819. The van der Waals surface area contributed by atoms with Gasteiger partial charge in [-0.15, -0.1) is 0 Å². The van der Waals surface area contributed by atoms with Crippen LogP contribution in [0.2, 0.25) is 0 Å². The molecule has 1 fully saturated rings. The first-order chi connectivity index (χ1) is 14.1. The van der Waals surface area contributed by atoms with Crippen molar-refractivity contribution in [3.8, 4) is 0 Å². The van der Waals surface area contributed by atoms with Crippen LogP contribution in [0.1, 0.15) is 17.5 Å². The number of amides is 2. The Morgan fingerprint density at radius 2 is 2.00 bits per heavy atom. The van der Waals surface area contributed by atoms with Gasteiger partial charge in [0.15, 0.2) is 15.0 Å². The molecule has 1 atom stereocenters. The fourth-order valence-electron chi connectivity index (χ4n) is 3.54. The summed E-state index contributed by atoms with van der Waals surface area (Å²) in [5.41, 5.74) is 3.57. The summed E-state index contributed by atoms with van der Waals surface area (Å²) in [6.07, 6.45) is 1.29. The van der Waals surface area contributed by atoms with Crippen LogP contribution in [-0.4, -0.2) is 38.0 Å². The minimum Gasteiger partial charge on any atom is -0.311 e. The molecule has 1 aliphatic rings. The topological polar surface area (TPSA) is 96.4 Å². The Balaban J connectivity index is 1.52. The number of nitrogens with zero attached hydrogens (tertiary/aromatic N) is 2. The van der Waals surface area contributed by atoms with Crippen molar-refractivity contribution < 1.29 is 18.0 Å². The second kappa shape index (κ2) is 7.48. The molecule has 1 aromatic heterocycles. The van der Waals surface area contributed by atoms with Gasteiger partial charge in [-0.05, 0) is 49.2 Å². The molecular formula is C21H21N3O4S2. The van der Waals surface area contributed by atoms with Crippen molar-refractivity contribution in [2.45, 2.75) is 25.2 Å². The molecule has 2 aromatic carbocycles. The van der Waals surface area contributed by atoms with Gasteiger partial charge in [0.1, 0.15) is 0 Å². The summed E-state index contributed by atoms with van der Waals surface area (Å²) >= 11 is 1.21. The zero-order valence-corrected chi connectivity index (χ0v) is 18.4. The highest BCUT2D eigenvalue weighted by Crippen LogP contribution is 2.32. The summed E-state index contributed by atoms with van der Waals surface area (Å²) in [6.45, 7) is 4.28. The van der Waals surface area contributed by atoms with Crippen LogP contribution < -0.4 is 10.2 Å². The smallest absolute Gasteiger partial charge is 0.231 e. The van der Waals surface area contributed by atoms with Gasteiger partial charge in [-0.25, -0.2) is 13.4 Å². The Hall–Kier alpha value is -2.78. The van der Waals surface area contributed by atoms with Crippen molar-refractivity contribution in [3.63, 3.8) is 0 Å². The lowest BCUT2D eigenvalue weighted by molar-refractivity contribution is -0.122. The van der Waals surface area contributed by atoms with E-state index in [0.717, 1.165) is 23.1 Å². The van der Waals surface area contributed by atoms with Gasteiger partial charge < -0.3 is 10.2 Å². The van der Waals surface area contributed by atoms with Crippen LogP contribution in [0.4, 0.5) is 10.8 Å². The summed E-state index contributed by atoms with van der Waals surface area (Å²) in [4.78, 5) is 31.6. The largest absolute Gasteiger partial charge is 0.311 e. The molecule has 0 saturated carbocycles. The molecule has 7 nitrogen and oxygen atoms in total. The van der Waals surface area contributed by atoms with Gasteiger partial charge in [0.2, 0.25) is 11.8 Å². The SMILES string of the molecule is Cc1cccc(N2C[C@H](C(=O)Nc3nc4ccc(S(C)(=O)=O)cc4s3)CC2=O)c1C. The van der Waals surface area contributed by atoms with Crippen LogP contribution in [-0.2, 0) is 19.4 Å². The molecule has 3 aromatic rings. The molecule has 4 rings (SSSR count). The number of rotatable bonds is 4. The van der Waals surface area contributed by atoms with Crippen LogP contribution >= 0.6 is 11.3 Å². The standard InChI is InChI=1S/C21H21N3O4S2/c1-12-5-4-6-17(13(12)2)24-11-14(9-19(24)25)20(26)23-21-22-16-8-7-15(30(3,27)28)10-18(16)29-21/h4-8,10,14H,9,11H2,1-3H3,(H,22,23,26)/t14-/m1/s1. The molecule has 0 spiro atoms. The van der Waals surface area contributed by atoms with E-state index in [0.29, 0.717) is 21.9 Å². The highest BCUT2D eigenvalue weighted by Gasteiger charge is 2.36. The third-order valence-corrected chi connectivity index (χ3v) is 7.42. The van der Waals surface area contributed by atoms with Crippen molar-refractivity contribution >= 4 is 54.0 Å². The van der Waals surface area contributed by atoms with E-state index in [1.165, 1.54) is 17.4 Å². The van der Waals surface area contributed by atoms with E-state index >= 15 is 0 Å². The zero-order valence-electron chi connectivity index (χ0n) is 16.8. The number of anilines is 2. The van der Waals surface area contributed by atoms with Gasteiger partial charge >= 0.3 is 0 Å². The van der Waals surface area contributed by atoms with E-state index in [2.05, 4.69) is 10.3 Å². The average molecular weight is 444 g/mol. The van der Waals surface area contributed by atoms with E-state index in [9.17, 15) is 18.0 Å². The van der Waals surface area contributed by atoms with Crippen molar-refractivity contribution in [2.24, 2.45) is 5.92 Å². The molecule has 2 heterocycles. The Morgan fingerprint density at radius 1 is 1.23 bits per heavy atom. The Labute approximate surface area is 178 Å². The number of thiazole rings is 1. The predicted octanol–water partition coefficient (Wildman–Crippen LogP) is 3.31. The van der Waals surface area contributed by atoms with Crippen molar-refractivity contribution in [1.29, 1.82) is 0 Å². The minimum atomic E-state index is -3.32. The van der Waals surface area contributed by atoms with Crippen LogP contribution in [0.15, 0.2) is 41.3 Å². The lowest BCUT2D eigenvalue weighted by Gasteiger charge is -2.20. The number of benzene rings is 2. The molecule has 156 valence electrons. The van der Waals surface area contributed by atoms with Crippen molar-refractivity contribution in [2.75, 3.05) is 23.0 Å². The van der Waals surface area contributed by atoms with Crippen molar-refractivity contribution in [1.82, 2.24) is 4.98 Å². The van der Waals surface area contributed by atoms with Crippen LogP contribution in [0.25, 0.3) is 10.2 Å². The second-order valence-electron chi connectivity index (χ2n) is 7.53. The van der Waals surface area contributed by atoms with E-state index in [-0.39, 0.29) is 23.1 Å². The molecule has 0 unspecified atom stereocenters. The molecule has 1 aliphatic heterocycles. The highest BCUT2D eigenvalue weighted by molar-refractivity contribution is 7.90. The minimum absolute atomic E-state index is 0.0778. The molecule has 30 heavy (non-hydrogen) atoms. The number of carbonyl (C=O) groups excluding carboxylic acids is 2. The Kier molecular flexibility index (Phi) is 5.11. The maximum atomic E-state index is 12.8. The first-order valence-corrected chi connectivity index (χ1v) is 12.1. The molecule has 9 heteroatoms. The molecule has 2 amide bonds. The molecular weight excluding hydrogens is 422 g/mol. The number of sulfone groups is 1. The van der Waals surface area contributed by atoms with Gasteiger partial charge in [0.05, 0.1) is 21.0 Å². The number of carbonyl (C=O) groups is 2. The summed E-state index contributed by atoms with van der Waals surface area (Å²) in [5, 5.41) is 3.18. The van der Waals surface area contributed by atoms with E-state index in [4.69, 9.17) is 0 Å². The zero-order chi connectivity index (χ0) is 21.6. The lowest BCUT2D eigenvalue weighted by atomic mass is 10.1. The van der Waals surface area contributed by atoms with E-state index in [1.54, 1.807) is 17.0 Å². The van der Waals surface area contributed by atoms with E-state index in [1.807, 2.05) is 32.0 Å². The fourth-order valence-corrected chi connectivity index (χ4v) is 5.17. The number of hydrogen-bond acceptors (Lipinski definition) is 6.